The molecule has 4 aromatic rings. The molecule has 0 amide bonds. The van der Waals surface area contributed by atoms with Gasteiger partial charge in [0.05, 0.1) is 49.7 Å². The molecule has 0 aliphatic carbocycles. The van der Waals surface area contributed by atoms with Gasteiger partial charge in [-0.05, 0) is 69.5 Å². The Hall–Kier alpha value is -2.74. The van der Waals surface area contributed by atoms with E-state index in [1.54, 1.807) is 30.3 Å². The van der Waals surface area contributed by atoms with E-state index in [1.807, 2.05) is 0 Å². The minimum Gasteiger partial charge on any atom is -0.497 e. The van der Waals surface area contributed by atoms with Gasteiger partial charge in [-0.25, -0.2) is 14.4 Å². The molecule has 6 nitrogen and oxygen atoms in total. The molecule has 1 atom stereocenters. The van der Waals surface area contributed by atoms with E-state index in [4.69, 9.17) is 83.8 Å². The molecule has 0 bridgehead atoms. The van der Waals surface area contributed by atoms with Gasteiger partial charge in [-0.1, -0.05) is 23.7 Å². The highest BCUT2D eigenvalue weighted by Gasteiger charge is 2.56. The van der Waals surface area contributed by atoms with Crippen molar-refractivity contribution in [2.45, 2.75) is 27.6 Å². The zero-order valence-electron chi connectivity index (χ0n) is 22.3. The van der Waals surface area contributed by atoms with Crippen molar-refractivity contribution in [1.82, 2.24) is 9.97 Å². The Morgan fingerprint density at radius 2 is 1.52 bits per heavy atom. The molecular formula is C26H15B8ClFN3O3. The van der Waals surface area contributed by atoms with Crippen molar-refractivity contribution in [2.75, 3.05) is 12.0 Å². The summed E-state index contributed by atoms with van der Waals surface area (Å²) in [5, 5.41) is 2.45. The predicted molar refractivity (Wildman–Crippen MR) is 168 cm³/mol. The molecule has 0 spiro atoms. The number of fused-ring (bicyclic) bond motifs is 1. The van der Waals surface area contributed by atoms with Crippen LogP contribution in [0.25, 0.3) is 22.2 Å². The monoisotopic (exact) mass is 559 g/mol. The van der Waals surface area contributed by atoms with Gasteiger partial charge in [-0.15, -0.1) is 0 Å². The fraction of sp³-hybridized carbons (Fsp3) is 0.231. The lowest BCUT2D eigenvalue weighted by Gasteiger charge is -2.71. The zero-order chi connectivity index (χ0) is 30.8. The van der Waals surface area contributed by atoms with Gasteiger partial charge in [0.1, 0.15) is 55.4 Å². The molecule has 0 saturated carbocycles. The van der Waals surface area contributed by atoms with Crippen molar-refractivity contribution >= 4 is 91.0 Å². The van der Waals surface area contributed by atoms with Crippen LogP contribution in [0.15, 0.2) is 60.9 Å². The van der Waals surface area contributed by atoms with Crippen LogP contribution >= 0.6 is 11.6 Å². The van der Waals surface area contributed by atoms with Crippen molar-refractivity contribution < 1.29 is 19.0 Å². The highest BCUT2D eigenvalue weighted by Crippen LogP contribution is 2.44. The molecule has 1 fully saturated rings. The van der Waals surface area contributed by atoms with Crippen LogP contribution in [-0.2, 0) is 4.74 Å². The van der Waals surface area contributed by atoms with Crippen molar-refractivity contribution in [3.8, 4) is 17.0 Å². The maximum atomic E-state index is 15.4. The number of aliphatic hydroxyl groups excluding tert-OH is 1. The van der Waals surface area contributed by atoms with Crippen molar-refractivity contribution in [3.05, 3.63) is 82.9 Å². The van der Waals surface area contributed by atoms with Crippen LogP contribution in [0.4, 0.5) is 10.1 Å². The Morgan fingerprint density at radius 1 is 0.905 bits per heavy atom. The van der Waals surface area contributed by atoms with Crippen molar-refractivity contribution in [3.63, 3.8) is 0 Å². The summed E-state index contributed by atoms with van der Waals surface area (Å²) in [6.45, 7) is 0. The smallest absolute Gasteiger partial charge is 0.134 e. The summed E-state index contributed by atoms with van der Waals surface area (Å²) < 4.78 is 25.8. The number of hydrogen-bond acceptors (Lipinski definition) is 6. The highest BCUT2D eigenvalue weighted by atomic mass is 35.5. The maximum absolute atomic E-state index is 15.4. The van der Waals surface area contributed by atoms with Crippen LogP contribution in [0, 0.1) is 5.82 Å². The highest BCUT2D eigenvalue weighted by molar-refractivity contribution is 6.61. The number of anilines is 1. The first-order valence-electron chi connectivity index (χ1n) is 12.4. The van der Waals surface area contributed by atoms with Gasteiger partial charge >= 0.3 is 0 Å². The third-order valence-corrected chi connectivity index (χ3v) is 7.60. The quantitative estimate of drug-likeness (QED) is 0.369. The van der Waals surface area contributed by atoms with Crippen molar-refractivity contribution in [2.24, 2.45) is 0 Å². The Balaban J connectivity index is 1.62. The number of methoxy groups -OCH3 is 1. The number of benzene rings is 3. The van der Waals surface area contributed by atoms with E-state index in [-0.39, 0.29) is 27.5 Å². The van der Waals surface area contributed by atoms with E-state index in [9.17, 15) is 5.11 Å². The van der Waals surface area contributed by atoms with Crippen LogP contribution in [-0.4, -0.2) is 106 Å². The Labute approximate surface area is 258 Å². The fourth-order valence-corrected chi connectivity index (χ4v) is 5.10. The number of ether oxygens (including phenoxy) is 2. The van der Waals surface area contributed by atoms with Crippen LogP contribution in [0.5, 0.6) is 5.75 Å². The lowest BCUT2D eigenvalue weighted by Crippen LogP contribution is -2.86. The molecule has 2 heterocycles. The summed E-state index contributed by atoms with van der Waals surface area (Å²) in [7, 11) is 50.6. The molecule has 42 heavy (non-hydrogen) atoms. The van der Waals surface area contributed by atoms with Gasteiger partial charge in [0, 0.05) is 27.2 Å². The molecule has 16 radical (unpaired) electrons. The lowest BCUT2D eigenvalue weighted by molar-refractivity contribution is -0.0253. The first kappa shape index (κ1) is 30.7. The van der Waals surface area contributed by atoms with E-state index < -0.39 is 33.4 Å². The van der Waals surface area contributed by atoms with Crippen LogP contribution in [0.1, 0.15) is 17.2 Å². The molecule has 1 N–H and O–H groups in total. The SMILES string of the molecule is [B]C1([B])OC([B])([B])C([B])([B])N(c2ccc3c(-c4cc(C(O)c5ccc(OC)cc5)c(Cl)cc4F)ncnc3c2)C1([B])[B]. The summed E-state index contributed by atoms with van der Waals surface area (Å²) in [4.78, 5) is 9.62. The normalized spacial score (nSPS) is 19.3. The van der Waals surface area contributed by atoms with Crippen LogP contribution in [0.2, 0.25) is 5.02 Å². The number of aliphatic hydroxyl groups is 1. The molecule has 16 heteroatoms. The summed E-state index contributed by atoms with van der Waals surface area (Å²) in [6.07, 6.45) is 0.0469. The van der Waals surface area contributed by atoms with Crippen molar-refractivity contribution in [1.29, 1.82) is 0 Å². The second-order valence-electron chi connectivity index (χ2n) is 10.1. The van der Waals surface area contributed by atoms with Gasteiger partial charge in [0.15, 0.2) is 0 Å². The lowest BCUT2D eigenvalue weighted by atomic mass is 9.30. The topological polar surface area (TPSA) is 67.7 Å². The third kappa shape index (κ3) is 4.87. The number of nitrogens with zero attached hydrogens (tertiary/aromatic N) is 3. The van der Waals surface area contributed by atoms with Gasteiger partial charge in [-0.3, -0.25) is 0 Å². The average molecular weight is 558 g/mol. The molecule has 190 valence electrons. The largest absolute Gasteiger partial charge is 0.497 e. The van der Waals surface area contributed by atoms with Gasteiger partial charge in [0.2, 0.25) is 0 Å². The maximum Gasteiger partial charge on any atom is 0.134 e. The standard InChI is InChI=1S/C26H15B8ClFN3O3/c1-41-14-5-2-12(3-6-14)22(40)16-9-17(19(36)10-18(16)35)21-15-7-4-13(8-20(15)37-11-38-21)39-23(27,28)25(31,32)42-26(33,34)24(39,29)30/h2-11,22,40H,1H3. The number of rotatable bonds is 5. The second kappa shape index (κ2) is 10.5. The minimum absolute atomic E-state index is 0.0242. The molecule has 1 unspecified atom stereocenters. The molecular weight excluding hydrogens is 543 g/mol. The van der Waals surface area contributed by atoms with Crippen LogP contribution < -0.4 is 9.64 Å². The first-order chi connectivity index (χ1) is 19.5. The Bertz CT molecular complexity index is 1650. The van der Waals surface area contributed by atoms with Crippen LogP contribution in [0.3, 0.4) is 0 Å². The van der Waals surface area contributed by atoms with E-state index >= 15 is 4.39 Å². The van der Waals surface area contributed by atoms with Gasteiger partial charge in [0.25, 0.3) is 0 Å². The summed E-state index contributed by atoms with van der Waals surface area (Å²) in [5.41, 5.74) is 1.48. The number of halogens is 2. The third-order valence-electron chi connectivity index (χ3n) is 7.28. The summed E-state index contributed by atoms with van der Waals surface area (Å²) in [6, 6.07) is 13.8. The molecule has 1 aromatic heterocycles. The number of morpholine rings is 1. The molecule has 1 aliphatic heterocycles. The summed E-state index contributed by atoms with van der Waals surface area (Å²) in [5.74, 6) is -0.0723. The molecule has 1 aliphatic rings. The molecule has 1 saturated heterocycles. The fourth-order valence-electron chi connectivity index (χ4n) is 4.85. The predicted octanol–water partition coefficient (Wildman–Crippen LogP) is 0.979. The first-order valence-corrected chi connectivity index (χ1v) is 12.8. The average Bonchev–Trinajstić information content (AvgIpc) is 2.91. The molecule has 3 aromatic carbocycles. The summed E-state index contributed by atoms with van der Waals surface area (Å²) >= 11 is 6.36. The minimum atomic E-state index is -2.31. The van der Waals surface area contributed by atoms with Gasteiger partial charge in [-0.2, -0.15) is 0 Å². The van der Waals surface area contributed by atoms with E-state index in [0.717, 1.165) is 11.0 Å². The van der Waals surface area contributed by atoms with Gasteiger partial charge < -0.3 is 19.5 Å². The number of aromatic nitrogens is 2. The van der Waals surface area contributed by atoms with E-state index in [2.05, 4.69) is 9.97 Å². The zero-order valence-corrected chi connectivity index (χ0v) is 23.1. The molecule has 5 rings (SSSR count). The second-order valence-corrected chi connectivity index (χ2v) is 10.5. The Kier molecular flexibility index (Phi) is 7.65. The number of hydrogen-bond donors (Lipinski definition) is 1. The van der Waals surface area contributed by atoms with E-state index in [0.29, 0.717) is 22.2 Å². The Morgan fingerprint density at radius 3 is 2.12 bits per heavy atom. The van der Waals surface area contributed by atoms with E-state index in [1.165, 1.54) is 31.6 Å².